The summed E-state index contributed by atoms with van der Waals surface area (Å²) < 4.78 is 4.89. The minimum absolute atomic E-state index is 0.249. The van der Waals surface area contributed by atoms with Crippen LogP contribution >= 0.6 is 11.8 Å². The molecule has 0 atom stereocenters. The Morgan fingerprint density at radius 3 is 3.05 bits per heavy atom. The maximum atomic E-state index is 11.9. The second-order valence-corrected chi connectivity index (χ2v) is 5.28. The monoisotopic (exact) mass is 292 g/mol. The second kappa shape index (κ2) is 7.12. The molecule has 0 unspecified atom stereocenters. The summed E-state index contributed by atoms with van der Waals surface area (Å²) in [4.78, 5) is 24.9. The van der Waals surface area contributed by atoms with Crippen LogP contribution in [0.5, 0.6) is 0 Å². The molecule has 0 spiro atoms. The first-order chi connectivity index (χ1) is 9.70. The fourth-order valence-corrected chi connectivity index (χ4v) is 2.62. The zero-order chi connectivity index (χ0) is 14.4. The number of methoxy groups -OCH3 is 1. The maximum absolute atomic E-state index is 11.9. The largest absolute Gasteiger partial charge is 0.385 e. The third-order valence-corrected chi connectivity index (χ3v) is 3.76. The van der Waals surface area contributed by atoms with Crippen molar-refractivity contribution in [3.63, 3.8) is 0 Å². The maximum Gasteiger partial charge on any atom is 0.262 e. The number of carbonyl (C=O) groups excluding carboxylic acids is 2. The van der Waals surface area contributed by atoms with Gasteiger partial charge < -0.3 is 15.4 Å². The summed E-state index contributed by atoms with van der Waals surface area (Å²) in [5.41, 5.74) is 0.778. The summed E-state index contributed by atoms with van der Waals surface area (Å²) in [6.07, 6.45) is 2.08. The van der Waals surface area contributed by atoms with Gasteiger partial charge in [-0.05, 0) is 18.6 Å². The number of rotatable bonds is 5. The Morgan fingerprint density at radius 1 is 1.45 bits per heavy atom. The first-order valence-corrected chi connectivity index (χ1v) is 7.09. The van der Waals surface area contributed by atoms with Crippen LogP contribution in [0.15, 0.2) is 40.1 Å². The van der Waals surface area contributed by atoms with E-state index in [4.69, 9.17) is 4.74 Å². The van der Waals surface area contributed by atoms with E-state index in [9.17, 15) is 9.59 Å². The van der Waals surface area contributed by atoms with Crippen LogP contribution in [0.1, 0.15) is 6.42 Å². The number of para-hydroxylation sites is 1. The summed E-state index contributed by atoms with van der Waals surface area (Å²) in [5, 5.41) is 5.48. The molecule has 1 heterocycles. The number of amides is 2. The van der Waals surface area contributed by atoms with Gasteiger partial charge in [0.2, 0.25) is 5.91 Å². The zero-order valence-electron chi connectivity index (χ0n) is 11.1. The van der Waals surface area contributed by atoms with E-state index in [1.807, 2.05) is 24.3 Å². The number of anilines is 1. The summed E-state index contributed by atoms with van der Waals surface area (Å²) >= 11 is 1.30. The topological polar surface area (TPSA) is 67.4 Å². The summed E-state index contributed by atoms with van der Waals surface area (Å²) in [5.74, 6) is -0.515. The lowest BCUT2D eigenvalue weighted by Gasteiger charge is -2.17. The van der Waals surface area contributed by atoms with E-state index in [2.05, 4.69) is 10.6 Å². The molecule has 1 aliphatic heterocycles. The van der Waals surface area contributed by atoms with E-state index in [1.165, 1.54) is 17.8 Å². The molecule has 20 heavy (non-hydrogen) atoms. The number of fused-ring (bicyclic) bond motifs is 1. The van der Waals surface area contributed by atoms with Crippen molar-refractivity contribution in [2.45, 2.75) is 11.3 Å². The van der Waals surface area contributed by atoms with E-state index in [-0.39, 0.29) is 11.8 Å². The highest BCUT2D eigenvalue weighted by Gasteiger charge is 2.21. The van der Waals surface area contributed by atoms with Gasteiger partial charge in [-0.15, -0.1) is 0 Å². The summed E-state index contributed by atoms with van der Waals surface area (Å²) in [6, 6.07) is 7.49. The van der Waals surface area contributed by atoms with Crippen molar-refractivity contribution in [3.05, 3.63) is 35.2 Å². The molecule has 2 N–H and O–H groups in total. The number of benzene rings is 1. The van der Waals surface area contributed by atoms with Gasteiger partial charge in [0, 0.05) is 31.2 Å². The van der Waals surface area contributed by atoms with Crippen LogP contribution in [0.3, 0.4) is 0 Å². The average Bonchev–Trinajstić information content (AvgIpc) is 2.44. The lowest BCUT2D eigenvalue weighted by atomic mass is 10.3. The van der Waals surface area contributed by atoms with Crippen LogP contribution in [0.25, 0.3) is 0 Å². The molecule has 5 nitrogen and oxygen atoms in total. The molecule has 0 saturated heterocycles. The van der Waals surface area contributed by atoms with Gasteiger partial charge in [-0.1, -0.05) is 23.9 Å². The molecule has 2 rings (SSSR count). The van der Waals surface area contributed by atoms with E-state index in [0.29, 0.717) is 18.1 Å². The molecule has 0 aromatic heterocycles. The van der Waals surface area contributed by atoms with Crippen LogP contribution in [-0.2, 0) is 14.3 Å². The van der Waals surface area contributed by atoms with Gasteiger partial charge in [0.15, 0.2) is 0 Å². The predicted octanol–water partition coefficient (Wildman–Crippen LogP) is 1.77. The Bertz CT molecular complexity index is 543. The fourth-order valence-electron chi connectivity index (χ4n) is 1.70. The van der Waals surface area contributed by atoms with Gasteiger partial charge in [0.05, 0.1) is 10.6 Å². The fraction of sp³-hybridized carbons (Fsp3) is 0.286. The Hall–Kier alpha value is -1.79. The third-order valence-electron chi connectivity index (χ3n) is 2.67. The van der Waals surface area contributed by atoms with Crippen LogP contribution in [0, 0.1) is 0 Å². The van der Waals surface area contributed by atoms with Gasteiger partial charge >= 0.3 is 0 Å². The lowest BCUT2D eigenvalue weighted by Crippen LogP contribution is -2.25. The standard InChI is InChI=1S/C14H16N2O3S/c1-19-8-4-7-15-13(17)9-12-14(18)16-10-5-2-3-6-11(10)20-12/h2-3,5-6,9H,4,7-8H2,1H3,(H,15,17)(H,16,18)/b12-9-. The molecule has 0 fully saturated rings. The van der Waals surface area contributed by atoms with Crippen LogP contribution in [0.2, 0.25) is 0 Å². The molecule has 0 bridgehead atoms. The van der Waals surface area contributed by atoms with Crippen molar-refractivity contribution in [1.29, 1.82) is 0 Å². The highest BCUT2D eigenvalue weighted by Crippen LogP contribution is 2.37. The van der Waals surface area contributed by atoms with E-state index < -0.39 is 0 Å². The van der Waals surface area contributed by atoms with E-state index in [0.717, 1.165) is 17.0 Å². The van der Waals surface area contributed by atoms with Crippen molar-refractivity contribution in [2.24, 2.45) is 0 Å². The van der Waals surface area contributed by atoms with Gasteiger partial charge in [0.1, 0.15) is 0 Å². The number of thioether (sulfide) groups is 1. The van der Waals surface area contributed by atoms with Gasteiger partial charge in [-0.2, -0.15) is 0 Å². The SMILES string of the molecule is COCCCNC(=O)/C=C1\Sc2ccccc2NC1=O. The van der Waals surface area contributed by atoms with Crippen molar-refractivity contribution in [3.8, 4) is 0 Å². The molecule has 1 aromatic rings. The highest BCUT2D eigenvalue weighted by molar-refractivity contribution is 8.04. The Morgan fingerprint density at radius 2 is 2.25 bits per heavy atom. The Balaban J connectivity index is 1.97. The molecule has 0 radical (unpaired) electrons. The normalized spacial score (nSPS) is 15.7. The van der Waals surface area contributed by atoms with Crippen molar-refractivity contribution in [1.82, 2.24) is 5.32 Å². The van der Waals surface area contributed by atoms with Crippen LogP contribution < -0.4 is 10.6 Å². The number of hydrogen-bond acceptors (Lipinski definition) is 4. The number of ether oxygens (including phenoxy) is 1. The quantitative estimate of drug-likeness (QED) is 0.641. The molecular weight excluding hydrogens is 276 g/mol. The van der Waals surface area contributed by atoms with Gasteiger partial charge in [0.25, 0.3) is 5.91 Å². The molecule has 106 valence electrons. The zero-order valence-corrected chi connectivity index (χ0v) is 12.0. The molecule has 2 amide bonds. The van der Waals surface area contributed by atoms with Gasteiger partial charge in [-0.25, -0.2) is 0 Å². The molecule has 0 aliphatic carbocycles. The first kappa shape index (κ1) is 14.6. The lowest BCUT2D eigenvalue weighted by molar-refractivity contribution is -0.117. The molecule has 0 saturated carbocycles. The minimum Gasteiger partial charge on any atom is -0.385 e. The highest BCUT2D eigenvalue weighted by atomic mass is 32.2. The van der Waals surface area contributed by atoms with Gasteiger partial charge in [-0.3, -0.25) is 9.59 Å². The number of nitrogens with one attached hydrogen (secondary N) is 2. The van der Waals surface area contributed by atoms with Crippen molar-refractivity contribution < 1.29 is 14.3 Å². The number of hydrogen-bond donors (Lipinski definition) is 2. The third kappa shape index (κ3) is 3.85. The smallest absolute Gasteiger partial charge is 0.262 e. The predicted molar refractivity (Wildman–Crippen MR) is 78.5 cm³/mol. The minimum atomic E-state index is -0.266. The summed E-state index contributed by atoms with van der Waals surface area (Å²) in [7, 11) is 1.62. The first-order valence-electron chi connectivity index (χ1n) is 6.27. The summed E-state index contributed by atoms with van der Waals surface area (Å²) in [6.45, 7) is 1.12. The second-order valence-electron chi connectivity index (χ2n) is 4.20. The molecular formula is C14H16N2O3S. The Labute approximate surface area is 121 Å². The van der Waals surface area contributed by atoms with E-state index in [1.54, 1.807) is 7.11 Å². The van der Waals surface area contributed by atoms with Crippen LogP contribution in [0.4, 0.5) is 5.69 Å². The average molecular weight is 292 g/mol. The van der Waals surface area contributed by atoms with Crippen molar-refractivity contribution in [2.75, 3.05) is 25.6 Å². The van der Waals surface area contributed by atoms with E-state index >= 15 is 0 Å². The molecule has 1 aromatic carbocycles. The molecule has 1 aliphatic rings. The van der Waals surface area contributed by atoms with Crippen LogP contribution in [-0.4, -0.2) is 32.1 Å². The Kier molecular flexibility index (Phi) is 5.20. The van der Waals surface area contributed by atoms with Crippen molar-refractivity contribution >= 4 is 29.3 Å². The molecule has 6 heteroatoms. The number of carbonyl (C=O) groups is 2.